The fraction of sp³-hybridized carbons (Fsp3) is 0.444. The first-order valence-electron chi connectivity index (χ1n) is 8.16. The van der Waals surface area contributed by atoms with Gasteiger partial charge < -0.3 is 19.4 Å². The summed E-state index contributed by atoms with van der Waals surface area (Å²) in [5.74, 6) is 0.752. The zero-order valence-electron chi connectivity index (χ0n) is 14.1. The van der Waals surface area contributed by atoms with Crippen LogP contribution < -0.4 is 10.1 Å². The van der Waals surface area contributed by atoms with Gasteiger partial charge in [-0.1, -0.05) is 18.2 Å². The summed E-state index contributed by atoms with van der Waals surface area (Å²) in [6.45, 7) is 0.634. The number of aromatic nitrogens is 2. The molecule has 1 aromatic carbocycles. The minimum Gasteiger partial charge on any atom is -0.496 e. The van der Waals surface area contributed by atoms with E-state index in [-0.39, 0.29) is 18.1 Å². The number of para-hydroxylation sites is 1. The molecule has 1 aromatic heterocycles. The predicted octanol–water partition coefficient (Wildman–Crippen LogP) is 2.01. The number of carbonyl (C=O) groups is 1. The first kappa shape index (κ1) is 16.5. The van der Waals surface area contributed by atoms with E-state index >= 15 is 0 Å². The molecule has 128 valence electrons. The first-order chi connectivity index (χ1) is 11.7. The van der Waals surface area contributed by atoms with Crippen LogP contribution in [0.1, 0.15) is 30.2 Å². The van der Waals surface area contributed by atoms with Crippen molar-refractivity contribution in [2.45, 2.75) is 31.4 Å². The highest BCUT2D eigenvalue weighted by atomic mass is 16.5. The predicted molar refractivity (Wildman–Crippen MR) is 89.8 cm³/mol. The molecule has 1 aliphatic rings. The average molecular weight is 329 g/mol. The van der Waals surface area contributed by atoms with E-state index in [9.17, 15) is 4.79 Å². The van der Waals surface area contributed by atoms with Crippen LogP contribution in [0.25, 0.3) is 0 Å². The summed E-state index contributed by atoms with van der Waals surface area (Å²) in [5, 5.41) is 3.13. The van der Waals surface area contributed by atoms with Crippen molar-refractivity contribution >= 4 is 5.91 Å². The third-order valence-electron chi connectivity index (χ3n) is 4.38. The number of nitrogens with one attached hydrogen (secondary N) is 1. The van der Waals surface area contributed by atoms with Crippen molar-refractivity contribution in [3.8, 4) is 5.75 Å². The number of amides is 1. The molecule has 0 aliphatic carbocycles. The molecule has 3 rings (SSSR count). The van der Waals surface area contributed by atoms with Crippen LogP contribution in [0.15, 0.2) is 36.8 Å². The number of ether oxygens (including phenoxy) is 2. The molecule has 1 amide bonds. The van der Waals surface area contributed by atoms with Gasteiger partial charge in [-0.3, -0.25) is 4.79 Å². The van der Waals surface area contributed by atoms with Crippen LogP contribution >= 0.6 is 0 Å². The highest BCUT2D eigenvalue weighted by molar-refractivity contribution is 5.79. The van der Waals surface area contributed by atoms with Gasteiger partial charge in [0.1, 0.15) is 11.9 Å². The van der Waals surface area contributed by atoms with E-state index in [1.165, 1.54) is 0 Å². The summed E-state index contributed by atoms with van der Waals surface area (Å²) in [4.78, 5) is 16.5. The highest BCUT2D eigenvalue weighted by Gasteiger charge is 2.26. The summed E-state index contributed by atoms with van der Waals surface area (Å²) in [5.41, 5.74) is 1.94. The Kier molecular flexibility index (Phi) is 5.15. The second-order valence-electron chi connectivity index (χ2n) is 6.07. The van der Waals surface area contributed by atoms with Gasteiger partial charge >= 0.3 is 0 Å². The van der Waals surface area contributed by atoms with Crippen LogP contribution in [-0.2, 0) is 23.0 Å². The van der Waals surface area contributed by atoms with Gasteiger partial charge in [-0.15, -0.1) is 0 Å². The van der Waals surface area contributed by atoms with E-state index in [4.69, 9.17) is 9.47 Å². The van der Waals surface area contributed by atoms with E-state index in [1.807, 2.05) is 42.1 Å². The van der Waals surface area contributed by atoms with Crippen molar-refractivity contribution in [3.63, 3.8) is 0 Å². The Labute approximate surface area is 141 Å². The lowest BCUT2D eigenvalue weighted by atomic mass is 10.0. The summed E-state index contributed by atoms with van der Waals surface area (Å²) in [6, 6.07) is 7.71. The van der Waals surface area contributed by atoms with Gasteiger partial charge in [0, 0.05) is 25.3 Å². The number of methoxy groups -OCH3 is 1. The Morgan fingerprint density at radius 1 is 1.46 bits per heavy atom. The molecule has 0 saturated carbocycles. The maximum atomic E-state index is 12.4. The monoisotopic (exact) mass is 329 g/mol. The Hall–Kier alpha value is -2.34. The number of carbonyl (C=O) groups excluding carboxylic acids is 1. The van der Waals surface area contributed by atoms with Crippen LogP contribution in [-0.4, -0.2) is 35.2 Å². The SMILES string of the molecule is COc1ccccc1CC(=O)N[C@H]1CCO[C@H](c2cncn2C)C1. The van der Waals surface area contributed by atoms with Crippen molar-refractivity contribution in [1.82, 2.24) is 14.9 Å². The molecule has 0 bridgehead atoms. The van der Waals surface area contributed by atoms with Gasteiger partial charge in [-0.05, 0) is 18.9 Å². The molecule has 2 atom stereocenters. The highest BCUT2D eigenvalue weighted by Crippen LogP contribution is 2.27. The molecule has 6 nitrogen and oxygen atoms in total. The maximum Gasteiger partial charge on any atom is 0.224 e. The normalized spacial score (nSPS) is 20.6. The zero-order valence-corrected chi connectivity index (χ0v) is 14.1. The number of aryl methyl sites for hydroxylation is 1. The Morgan fingerprint density at radius 2 is 2.29 bits per heavy atom. The zero-order chi connectivity index (χ0) is 16.9. The minimum atomic E-state index is -0.0252. The van der Waals surface area contributed by atoms with Gasteiger partial charge in [-0.25, -0.2) is 4.98 Å². The Morgan fingerprint density at radius 3 is 3.04 bits per heavy atom. The lowest BCUT2D eigenvalue weighted by molar-refractivity contribution is -0.122. The number of benzene rings is 1. The molecule has 1 N–H and O–H groups in total. The van der Waals surface area contributed by atoms with E-state index < -0.39 is 0 Å². The first-order valence-corrected chi connectivity index (χ1v) is 8.16. The number of hydrogen-bond donors (Lipinski definition) is 1. The summed E-state index contributed by atoms with van der Waals surface area (Å²) in [6.07, 6.45) is 5.47. The maximum absolute atomic E-state index is 12.4. The number of imidazole rings is 1. The third-order valence-corrected chi connectivity index (χ3v) is 4.38. The van der Waals surface area contributed by atoms with Crippen LogP contribution in [0.3, 0.4) is 0 Å². The van der Waals surface area contributed by atoms with Crippen LogP contribution in [0, 0.1) is 0 Å². The van der Waals surface area contributed by atoms with Crippen molar-refractivity contribution in [1.29, 1.82) is 0 Å². The summed E-state index contributed by atoms with van der Waals surface area (Å²) >= 11 is 0. The summed E-state index contributed by atoms with van der Waals surface area (Å²) < 4.78 is 13.1. The molecule has 0 unspecified atom stereocenters. The molecule has 1 saturated heterocycles. The molecule has 0 spiro atoms. The number of nitrogens with zero attached hydrogens (tertiary/aromatic N) is 2. The fourth-order valence-electron chi connectivity index (χ4n) is 3.11. The largest absolute Gasteiger partial charge is 0.496 e. The topological polar surface area (TPSA) is 65.4 Å². The molecule has 6 heteroatoms. The van der Waals surface area contributed by atoms with E-state index in [0.29, 0.717) is 13.0 Å². The van der Waals surface area contributed by atoms with Crippen molar-refractivity contribution < 1.29 is 14.3 Å². The number of rotatable bonds is 5. The minimum absolute atomic E-state index is 0.00940. The number of hydrogen-bond acceptors (Lipinski definition) is 4. The second-order valence-corrected chi connectivity index (χ2v) is 6.07. The Bertz CT molecular complexity index is 698. The molecule has 1 aliphatic heterocycles. The smallest absolute Gasteiger partial charge is 0.224 e. The van der Waals surface area contributed by atoms with E-state index in [2.05, 4.69) is 10.3 Å². The summed E-state index contributed by atoms with van der Waals surface area (Å²) in [7, 11) is 3.57. The van der Waals surface area contributed by atoms with Crippen molar-refractivity contribution in [2.75, 3.05) is 13.7 Å². The van der Waals surface area contributed by atoms with Gasteiger partial charge in [0.25, 0.3) is 0 Å². The fourth-order valence-corrected chi connectivity index (χ4v) is 3.11. The lowest BCUT2D eigenvalue weighted by Crippen LogP contribution is -2.40. The standard InChI is InChI=1S/C18H23N3O3/c1-21-12-19-11-15(21)17-10-14(7-8-24-17)20-18(22)9-13-5-3-4-6-16(13)23-2/h3-6,11-12,14,17H,7-10H2,1-2H3,(H,20,22)/t14-,17-/m0/s1. The molecule has 2 heterocycles. The van der Waals surface area contributed by atoms with Gasteiger partial charge in [0.05, 0.1) is 31.7 Å². The quantitative estimate of drug-likeness (QED) is 0.911. The third kappa shape index (κ3) is 3.76. The van der Waals surface area contributed by atoms with Gasteiger partial charge in [-0.2, -0.15) is 0 Å². The van der Waals surface area contributed by atoms with Gasteiger partial charge in [0.2, 0.25) is 5.91 Å². The van der Waals surface area contributed by atoms with Gasteiger partial charge in [0.15, 0.2) is 0 Å². The van der Waals surface area contributed by atoms with Crippen LogP contribution in [0.5, 0.6) is 5.75 Å². The molecular formula is C18H23N3O3. The molecule has 1 fully saturated rings. The van der Waals surface area contributed by atoms with E-state index in [0.717, 1.165) is 29.8 Å². The molecule has 2 aromatic rings. The van der Waals surface area contributed by atoms with Crippen molar-refractivity contribution in [3.05, 3.63) is 48.0 Å². The average Bonchev–Trinajstić information content (AvgIpc) is 3.01. The van der Waals surface area contributed by atoms with E-state index in [1.54, 1.807) is 13.4 Å². The van der Waals surface area contributed by atoms with Crippen molar-refractivity contribution in [2.24, 2.45) is 7.05 Å². The molecule has 0 radical (unpaired) electrons. The van der Waals surface area contributed by atoms with Crippen LogP contribution in [0.2, 0.25) is 0 Å². The molecular weight excluding hydrogens is 306 g/mol. The Balaban J connectivity index is 1.59. The molecule has 24 heavy (non-hydrogen) atoms. The lowest BCUT2D eigenvalue weighted by Gasteiger charge is -2.30. The second kappa shape index (κ2) is 7.49. The van der Waals surface area contributed by atoms with Crippen LogP contribution in [0.4, 0.5) is 0 Å².